The summed E-state index contributed by atoms with van der Waals surface area (Å²) in [5.74, 6) is 0.878. The molecular formula is C11H20N2O2. The van der Waals surface area contributed by atoms with Crippen LogP contribution >= 0.6 is 0 Å². The molecule has 4 heteroatoms. The molecule has 15 heavy (non-hydrogen) atoms. The summed E-state index contributed by atoms with van der Waals surface area (Å²) < 4.78 is 5.40. The summed E-state index contributed by atoms with van der Waals surface area (Å²) in [6.07, 6.45) is 2.55. The number of rotatable bonds is 4. The van der Waals surface area contributed by atoms with Crippen molar-refractivity contribution in [2.45, 2.75) is 25.8 Å². The monoisotopic (exact) mass is 212 g/mol. The largest absolute Gasteiger partial charge is 0.371 e. The lowest BCUT2D eigenvalue weighted by atomic mass is 10.2. The number of carbonyl (C=O) groups excluding carboxylic acids is 1. The summed E-state index contributed by atoms with van der Waals surface area (Å²) in [5, 5.41) is 3.32. The molecule has 0 aromatic rings. The van der Waals surface area contributed by atoms with E-state index in [0.717, 1.165) is 32.2 Å². The lowest BCUT2D eigenvalue weighted by Gasteiger charge is -2.31. The van der Waals surface area contributed by atoms with E-state index in [-0.39, 0.29) is 12.5 Å². The van der Waals surface area contributed by atoms with E-state index < -0.39 is 0 Å². The molecule has 2 aliphatic rings. The van der Waals surface area contributed by atoms with Gasteiger partial charge in [0.15, 0.2) is 0 Å². The highest BCUT2D eigenvalue weighted by Crippen LogP contribution is 2.28. The average Bonchev–Trinajstić information content (AvgIpc) is 3.01. The molecule has 1 N–H and O–H groups in total. The first kappa shape index (κ1) is 10.9. The number of amides is 1. The van der Waals surface area contributed by atoms with Crippen molar-refractivity contribution in [3.05, 3.63) is 0 Å². The van der Waals surface area contributed by atoms with Crippen molar-refractivity contribution >= 4 is 5.91 Å². The molecule has 86 valence electrons. The van der Waals surface area contributed by atoms with Crippen molar-refractivity contribution in [2.24, 2.45) is 5.92 Å². The Balaban J connectivity index is 1.64. The number of nitrogens with zero attached hydrogens (tertiary/aromatic N) is 1. The van der Waals surface area contributed by atoms with Crippen molar-refractivity contribution in [1.29, 1.82) is 0 Å². The van der Waals surface area contributed by atoms with Crippen LogP contribution in [0.5, 0.6) is 0 Å². The van der Waals surface area contributed by atoms with E-state index in [9.17, 15) is 4.79 Å². The van der Waals surface area contributed by atoms with Crippen LogP contribution in [0.15, 0.2) is 0 Å². The maximum atomic E-state index is 11.7. The Hall–Kier alpha value is -0.610. The van der Waals surface area contributed by atoms with Crippen LogP contribution in [0.3, 0.4) is 0 Å². The first-order valence-corrected chi connectivity index (χ1v) is 5.84. The summed E-state index contributed by atoms with van der Waals surface area (Å²) in [5.41, 5.74) is 0. The fraction of sp³-hybridized carbons (Fsp3) is 0.909. The number of ether oxygens (including phenoxy) is 1. The van der Waals surface area contributed by atoms with E-state index in [1.165, 1.54) is 12.8 Å². The first-order valence-electron chi connectivity index (χ1n) is 5.84. The highest BCUT2D eigenvalue weighted by Gasteiger charge is 2.23. The van der Waals surface area contributed by atoms with Gasteiger partial charge in [-0.3, -0.25) is 4.79 Å². The number of piperazine rings is 1. The van der Waals surface area contributed by atoms with E-state index >= 15 is 0 Å². The minimum absolute atomic E-state index is 0.143. The van der Waals surface area contributed by atoms with E-state index in [0.29, 0.717) is 6.04 Å². The standard InChI is InChI=1S/C11H20N2O2/c1-9-6-13(5-4-12-9)11(14)8-15-7-10-2-3-10/h9-10,12H,2-8H2,1H3/t9-/m1/s1. The molecule has 1 aliphatic heterocycles. The van der Waals surface area contributed by atoms with Crippen molar-refractivity contribution in [3.63, 3.8) is 0 Å². The van der Waals surface area contributed by atoms with Crippen LogP contribution in [-0.2, 0) is 9.53 Å². The number of nitrogens with one attached hydrogen (secondary N) is 1. The molecule has 1 saturated carbocycles. The van der Waals surface area contributed by atoms with Crippen LogP contribution in [0.4, 0.5) is 0 Å². The van der Waals surface area contributed by atoms with Gasteiger partial charge >= 0.3 is 0 Å². The smallest absolute Gasteiger partial charge is 0.248 e. The van der Waals surface area contributed by atoms with Gasteiger partial charge in [0.1, 0.15) is 6.61 Å². The quantitative estimate of drug-likeness (QED) is 0.725. The third-order valence-corrected chi connectivity index (χ3v) is 3.00. The molecule has 0 bridgehead atoms. The average molecular weight is 212 g/mol. The summed E-state index contributed by atoms with van der Waals surface area (Å²) in [6, 6.07) is 0.408. The second-order valence-corrected chi connectivity index (χ2v) is 4.65. The van der Waals surface area contributed by atoms with E-state index in [1.807, 2.05) is 4.90 Å². The third kappa shape index (κ3) is 3.47. The number of hydrogen-bond donors (Lipinski definition) is 1. The topological polar surface area (TPSA) is 41.6 Å². The van der Waals surface area contributed by atoms with Gasteiger partial charge in [0, 0.05) is 25.7 Å². The zero-order valence-electron chi connectivity index (χ0n) is 9.37. The van der Waals surface area contributed by atoms with Crippen molar-refractivity contribution < 1.29 is 9.53 Å². The second kappa shape index (κ2) is 4.94. The maximum Gasteiger partial charge on any atom is 0.248 e. The highest BCUT2D eigenvalue weighted by molar-refractivity contribution is 5.77. The third-order valence-electron chi connectivity index (χ3n) is 3.00. The van der Waals surface area contributed by atoms with Crippen LogP contribution < -0.4 is 5.32 Å². The Kier molecular flexibility index (Phi) is 3.59. The number of carbonyl (C=O) groups is 1. The molecule has 1 saturated heterocycles. The van der Waals surface area contributed by atoms with Gasteiger partial charge in [0.25, 0.3) is 0 Å². The molecule has 0 unspecified atom stereocenters. The van der Waals surface area contributed by atoms with Crippen molar-refractivity contribution in [1.82, 2.24) is 10.2 Å². The van der Waals surface area contributed by atoms with Crippen LogP contribution in [0.25, 0.3) is 0 Å². The van der Waals surface area contributed by atoms with Crippen LogP contribution in [-0.4, -0.2) is 49.7 Å². The summed E-state index contributed by atoms with van der Waals surface area (Å²) in [6.45, 7) is 5.66. The molecule has 1 amide bonds. The van der Waals surface area contributed by atoms with Crippen LogP contribution in [0.1, 0.15) is 19.8 Å². The van der Waals surface area contributed by atoms with E-state index in [4.69, 9.17) is 4.74 Å². The molecule has 2 rings (SSSR count). The Bertz CT molecular complexity index is 229. The van der Waals surface area contributed by atoms with Gasteiger partial charge in [-0.05, 0) is 25.7 Å². The van der Waals surface area contributed by atoms with Crippen LogP contribution in [0, 0.1) is 5.92 Å². The fourth-order valence-corrected chi connectivity index (χ4v) is 1.85. The summed E-state index contributed by atoms with van der Waals surface area (Å²) in [4.78, 5) is 13.6. The molecule has 0 aromatic carbocycles. The second-order valence-electron chi connectivity index (χ2n) is 4.65. The Morgan fingerprint density at radius 1 is 1.53 bits per heavy atom. The summed E-state index contributed by atoms with van der Waals surface area (Å²) >= 11 is 0. The van der Waals surface area contributed by atoms with Crippen molar-refractivity contribution in [2.75, 3.05) is 32.8 Å². The Morgan fingerprint density at radius 3 is 3.00 bits per heavy atom. The SMILES string of the molecule is C[C@@H]1CN(C(=O)COCC2CC2)CCN1. The predicted octanol–water partition coefficient (Wildman–Crippen LogP) is 0.233. The maximum absolute atomic E-state index is 11.7. The first-order chi connectivity index (χ1) is 7.25. The van der Waals surface area contributed by atoms with Gasteiger partial charge in [-0.15, -0.1) is 0 Å². The lowest BCUT2D eigenvalue weighted by molar-refractivity contribution is -0.137. The van der Waals surface area contributed by atoms with Gasteiger partial charge in [-0.2, -0.15) is 0 Å². The zero-order chi connectivity index (χ0) is 10.7. The number of hydrogen-bond acceptors (Lipinski definition) is 3. The molecule has 1 heterocycles. The Morgan fingerprint density at radius 2 is 2.33 bits per heavy atom. The van der Waals surface area contributed by atoms with E-state index in [1.54, 1.807) is 0 Å². The van der Waals surface area contributed by atoms with Gasteiger partial charge in [-0.1, -0.05) is 0 Å². The molecule has 2 fully saturated rings. The molecule has 1 aliphatic carbocycles. The van der Waals surface area contributed by atoms with Crippen LogP contribution in [0.2, 0.25) is 0 Å². The lowest BCUT2D eigenvalue weighted by Crippen LogP contribution is -2.52. The minimum Gasteiger partial charge on any atom is -0.371 e. The molecular weight excluding hydrogens is 192 g/mol. The molecule has 4 nitrogen and oxygen atoms in total. The molecule has 1 atom stereocenters. The molecule has 0 aromatic heterocycles. The molecule has 0 radical (unpaired) electrons. The highest BCUT2D eigenvalue weighted by atomic mass is 16.5. The predicted molar refractivity (Wildman–Crippen MR) is 57.6 cm³/mol. The van der Waals surface area contributed by atoms with Gasteiger partial charge in [0.05, 0.1) is 6.61 Å². The Labute approximate surface area is 91.0 Å². The minimum atomic E-state index is 0.143. The normalized spacial score (nSPS) is 26.7. The van der Waals surface area contributed by atoms with Gasteiger partial charge < -0.3 is 15.0 Å². The summed E-state index contributed by atoms with van der Waals surface area (Å²) in [7, 11) is 0. The fourth-order valence-electron chi connectivity index (χ4n) is 1.85. The molecule has 0 spiro atoms. The zero-order valence-corrected chi connectivity index (χ0v) is 9.37. The van der Waals surface area contributed by atoms with Gasteiger partial charge in [0.2, 0.25) is 5.91 Å². The van der Waals surface area contributed by atoms with E-state index in [2.05, 4.69) is 12.2 Å². The van der Waals surface area contributed by atoms with Gasteiger partial charge in [-0.25, -0.2) is 0 Å². The van der Waals surface area contributed by atoms with Crippen molar-refractivity contribution in [3.8, 4) is 0 Å².